The fourth-order valence-electron chi connectivity index (χ4n) is 2.23. The van der Waals surface area contributed by atoms with E-state index in [1.165, 1.54) is 37.7 Å². The third kappa shape index (κ3) is 6.74. The average molecular weight is 263 g/mol. The lowest BCUT2D eigenvalue weighted by atomic mass is 10.1. The fourth-order valence-corrected chi connectivity index (χ4v) is 2.23. The van der Waals surface area contributed by atoms with E-state index in [1.807, 2.05) is 13.1 Å². The molecule has 0 bridgehead atoms. The molecule has 0 aliphatic heterocycles. The summed E-state index contributed by atoms with van der Waals surface area (Å²) in [5.41, 5.74) is 1.29. The predicted molar refractivity (Wildman–Crippen MR) is 82.4 cm³/mol. The molecule has 0 radical (unpaired) electrons. The molecule has 2 heteroatoms. The van der Waals surface area contributed by atoms with Crippen LogP contribution in [0.3, 0.4) is 0 Å². The van der Waals surface area contributed by atoms with Crippen molar-refractivity contribution < 1.29 is 4.74 Å². The van der Waals surface area contributed by atoms with Gasteiger partial charge < -0.3 is 10.1 Å². The van der Waals surface area contributed by atoms with E-state index in [0.717, 1.165) is 6.61 Å². The van der Waals surface area contributed by atoms with Gasteiger partial charge in [0.15, 0.2) is 0 Å². The zero-order valence-electron chi connectivity index (χ0n) is 12.7. The van der Waals surface area contributed by atoms with Crippen LogP contribution < -0.4 is 5.32 Å². The summed E-state index contributed by atoms with van der Waals surface area (Å²) in [6.45, 7) is 5.18. The topological polar surface area (TPSA) is 21.3 Å². The average Bonchev–Trinajstić information content (AvgIpc) is 2.45. The third-order valence-electron chi connectivity index (χ3n) is 3.56. The number of nitrogens with one attached hydrogen (secondary N) is 1. The van der Waals surface area contributed by atoms with E-state index >= 15 is 0 Å². The first-order valence-corrected chi connectivity index (χ1v) is 7.61. The van der Waals surface area contributed by atoms with Crippen molar-refractivity contribution in [2.24, 2.45) is 0 Å². The van der Waals surface area contributed by atoms with Crippen LogP contribution in [0.25, 0.3) is 0 Å². The van der Waals surface area contributed by atoms with Crippen LogP contribution in [0.4, 0.5) is 0 Å². The van der Waals surface area contributed by atoms with Gasteiger partial charge in [-0.1, -0.05) is 62.9 Å². The Kier molecular flexibility index (Phi) is 8.52. The first-order valence-electron chi connectivity index (χ1n) is 7.61. The van der Waals surface area contributed by atoms with E-state index in [1.54, 1.807) is 0 Å². The van der Waals surface area contributed by atoms with Crippen LogP contribution in [-0.2, 0) is 4.74 Å². The maximum atomic E-state index is 5.97. The largest absolute Gasteiger partial charge is 0.377 e. The molecule has 1 N–H and O–H groups in total. The first kappa shape index (κ1) is 16.2. The Bertz CT molecular complexity index is 312. The molecule has 0 spiro atoms. The minimum absolute atomic E-state index is 0.291. The van der Waals surface area contributed by atoms with Crippen molar-refractivity contribution in [3.8, 4) is 0 Å². The summed E-state index contributed by atoms with van der Waals surface area (Å²) in [5.74, 6) is 0. The highest BCUT2D eigenvalue weighted by Crippen LogP contribution is 2.15. The molecule has 0 saturated carbocycles. The maximum Gasteiger partial charge on any atom is 0.0665 e. The van der Waals surface area contributed by atoms with Crippen molar-refractivity contribution in [1.82, 2.24) is 5.32 Å². The second kappa shape index (κ2) is 9.99. The Morgan fingerprint density at radius 3 is 2.47 bits per heavy atom. The number of ether oxygens (including phenoxy) is 1. The number of rotatable bonds is 10. The number of hydrogen-bond donors (Lipinski definition) is 1. The number of unbranched alkanes of at least 4 members (excludes halogenated alkanes) is 3. The van der Waals surface area contributed by atoms with Crippen LogP contribution in [-0.4, -0.2) is 19.8 Å². The molecule has 2 nitrogen and oxygen atoms in total. The van der Waals surface area contributed by atoms with Gasteiger partial charge in [0.25, 0.3) is 0 Å². The van der Waals surface area contributed by atoms with Crippen molar-refractivity contribution in [3.63, 3.8) is 0 Å². The Hall–Kier alpha value is -0.860. The van der Waals surface area contributed by atoms with Gasteiger partial charge in [0.2, 0.25) is 0 Å². The van der Waals surface area contributed by atoms with Crippen molar-refractivity contribution in [1.29, 1.82) is 0 Å². The van der Waals surface area contributed by atoms with Crippen LogP contribution in [0.1, 0.15) is 57.6 Å². The molecule has 0 aliphatic carbocycles. The van der Waals surface area contributed by atoms with E-state index < -0.39 is 0 Å². The monoisotopic (exact) mass is 263 g/mol. The zero-order valence-corrected chi connectivity index (χ0v) is 12.7. The molecule has 1 aromatic rings. The van der Waals surface area contributed by atoms with Crippen LogP contribution >= 0.6 is 0 Å². The summed E-state index contributed by atoms with van der Waals surface area (Å²) >= 11 is 0. The summed E-state index contributed by atoms with van der Waals surface area (Å²) in [7, 11) is 1.99. The molecular formula is C17H29NO. The molecule has 0 heterocycles. The Balaban J connectivity index is 2.25. The number of benzene rings is 1. The second-order valence-corrected chi connectivity index (χ2v) is 5.25. The van der Waals surface area contributed by atoms with E-state index in [-0.39, 0.29) is 0 Å². The quantitative estimate of drug-likeness (QED) is 0.635. The van der Waals surface area contributed by atoms with Crippen LogP contribution in [0.15, 0.2) is 30.3 Å². The second-order valence-electron chi connectivity index (χ2n) is 5.25. The smallest absolute Gasteiger partial charge is 0.0665 e. The van der Waals surface area contributed by atoms with Crippen molar-refractivity contribution in [2.45, 2.75) is 58.1 Å². The lowest BCUT2D eigenvalue weighted by Crippen LogP contribution is -2.24. The van der Waals surface area contributed by atoms with Crippen molar-refractivity contribution in [2.75, 3.05) is 13.7 Å². The number of hydrogen-bond acceptors (Lipinski definition) is 2. The maximum absolute atomic E-state index is 5.97. The number of likely N-dealkylation sites (N-methyl/N-ethyl adjacent to an activating group) is 1. The summed E-state index contributed by atoms with van der Waals surface area (Å²) in [6.07, 6.45) is 6.78. The molecule has 108 valence electrons. The molecule has 1 rings (SSSR count). The third-order valence-corrected chi connectivity index (χ3v) is 3.56. The van der Waals surface area contributed by atoms with Gasteiger partial charge in [-0.05, 0) is 26.0 Å². The predicted octanol–water partition coefficient (Wildman–Crippen LogP) is 4.32. The van der Waals surface area contributed by atoms with Gasteiger partial charge in [-0.15, -0.1) is 0 Å². The van der Waals surface area contributed by atoms with Crippen LogP contribution in [0.5, 0.6) is 0 Å². The molecule has 2 atom stereocenters. The van der Waals surface area contributed by atoms with Crippen molar-refractivity contribution in [3.05, 3.63) is 35.9 Å². The Morgan fingerprint density at radius 1 is 1.11 bits per heavy atom. The molecule has 0 amide bonds. The highest BCUT2D eigenvalue weighted by molar-refractivity contribution is 5.18. The Morgan fingerprint density at radius 2 is 1.84 bits per heavy atom. The van der Waals surface area contributed by atoms with E-state index in [9.17, 15) is 0 Å². The SMILES string of the molecule is CCCCCCC(C)OCC(NC)c1ccccc1. The molecule has 0 aromatic heterocycles. The molecule has 0 aliphatic rings. The van der Waals surface area contributed by atoms with Crippen molar-refractivity contribution >= 4 is 0 Å². The standard InChI is InChI=1S/C17H29NO/c1-4-5-6-8-11-15(2)19-14-17(18-3)16-12-9-7-10-13-16/h7,9-10,12-13,15,17-18H,4-6,8,11,14H2,1-3H3. The van der Waals surface area contributed by atoms with Gasteiger partial charge >= 0.3 is 0 Å². The van der Waals surface area contributed by atoms with Gasteiger partial charge in [-0.25, -0.2) is 0 Å². The molecule has 1 aromatic carbocycles. The van der Waals surface area contributed by atoms with E-state index in [0.29, 0.717) is 12.1 Å². The van der Waals surface area contributed by atoms with Crippen LogP contribution in [0, 0.1) is 0 Å². The van der Waals surface area contributed by atoms with Gasteiger partial charge in [0.1, 0.15) is 0 Å². The summed E-state index contributed by atoms with van der Waals surface area (Å²) in [4.78, 5) is 0. The van der Waals surface area contributed by atoms with Gasteiger partial charge in [-0.3, -0.25) is 0 Å². The minimum atomic E-state index is 0.291. The first-order chi connectivity index (χ1) is 9.27. The summed E-state index contributed by atoms with van der Waals surface area (Å²) in [6, 6.07) is 10.8. The summed E-state index contributed by atoms with van der Waals surface area (Å²) in [5, 5.41) is 3.33. The van der Waals surface area contributed by atoms with Crippen LogP contribution in [0.2, 0.25) is 0 Å². The lowest BCUT2D eigenvalue weighted by Gasteiger charge is -2.20. The summed E-state index contributed by atoms with van der Waals surface area (Å²) < 4.78 is 5.97. The molecular weight excluding hydrogens is 234 g/mol. The molecule has 2 unspecified atom stereocenters. The Labute approximate surface area is 118 Å². The minimum Gasteiger partial charge on any atom is -0.377 e. The van der Waals surface area contributed by atoms with Gasteiger partial charge in [-0.2, -0.15) is 0 Å². The van der Waals surface area contributed by atoms with Gasteiger partial charge in [0.05, 0.1) is 18.8 Å². The molecule has 0 fully saturated rings. The van der Waals surface area contributed by atoms with E-state index in [2.05, 4.69) is 43.4 Å². The normalized spacial score (nSPS) is 14.3. The van der Waals surface area contributed by atoms with E-state index in [4.69, 9.17) is 4.74 Å². The van der Waals surface area contributed by atoms with Gasteiger partial charge in [0, 0.05) is 0 Å². The lowest BCUT2D eigenvalue weighted by molar-refractivity contribution is 0.0441. The highest BCUT2D eigenvalue weighted by Gasteiger charge is 2.11. The fraction of sp³-hybridized carbons (Fsp3) is 0.647. The highest BCUT2D eigenvalue weighted by atomic mass is 16.5. The zero-order chi connectivity index (χ0) is 13.9. The molecule has 0 saturated heterocycles. The molecule has 19 heavy (non-hydrogen) atoms.